The van der Waals surface area contributed by atoms with Crippen LogP contribution in [0.15, 0.2) is 40.9 Å². The van der Waals surface area contributed by atoms with Crippen molar-refractivity contribution in [2.45, 2.75) is 32.7 Å². The van der Waals surface area contributed by atoms with Gasteiger partial charge in [-0.1, -0.05) is 47.6 Å². The molecule has 0 spiro atoms. The van der Waals surface area contributed by atoms with E-state index in [1.807, 2.05) is 43.3 Å². The van der Waals surface area contributed by atoms with Gasteiger partial charge in [0, 0.05) is 23.5 Å². The standard InChI is InChI=1S/C23H22N6O2/c1-13-20(28-21(25-13)22(30)24-12-15-6-4-3-5-7-15)16-8-9-18-17(10-16)11-19(27-18)23-26-14(2)29-31-23/h3-7,9-11,16,27H,8,12H2,1-2H3,(H,24,30)(H,25,28). The van der Waals surface area contributed by atoms with Gasteiger partial charge in [0.2, 0.25) is 0 Å². The van der Waals surface area contributed by atoms with Crippen molar-refractivity contribution in [2.75, 3.05) is 0 Å². The van der Waals surface area contributed by atoms with Gasteiger partial charge in [0.15, 0.2) is 11.6 Å². The third-order valence-electron chi connectivity index (χ3n) is 5.38. The number of aromatic nitrogens is 5. The number of nitrogens with one attached hydrogen (secondary N) is 3. The van der Waals surface area contributed by atoms with Crippen LogP contribution in [0.25, 0.3) is 23.7 Å². The van der Waals surface area contributed by atoms with Gasteiger partial charge in [0.25, 0.3) is 11.8 Å². The molecule has 3 heterocycles. The van der Waals surface area contributed by atoms with Crippen LogP contribution in [0.4, 0.5) is 0 Å². The second kappa shape index (κ2) is 7.71. The van der Waals surface area contributed by atoms with Crippen LogP contribution in [-0.4, -0.2) is 31.0 Å². The molecule has 1 aliphatic carbocycles. The number of hydrogen-bond acceptors (Lipinski definition) is 5. The first kappa shape index (κ1) is 19.0. The lowest BCUT2D eigenvalue weighted by Crippen LogP contribution is -2.27. The predicted molar refractivity (Wildman–Crippen MR) is 115 cm³/mol. The highest BCUT2D eigenvalue weighted by atomic mass is 16.5. The van der Waals surface area contributed by atoms with Gasteiger partial charge < -0.3 is 19.8 Å². The van der Waals surface area contributed by atoms with E-state index in [1.54, 1.807) is 6.92 Å². The average Bonchev–Trinajstić information content (AvgIpc) is 3.50. The van der Waals surface area contributed by atoms with Gasteiger partial charge in [-0.2, -0.15) is 4.98 Å². The van der Waals surface area contributed by atoms with E-state index < -0.39 is 0 Å². The summed E-state index contributed by atoms with van der Waals surface area (Å²) >= 11 is 0. The maximum absolute atomic E-state index is 12.6. The summed E-state index contributed by atoms with van der Waals surface area (Å²) in [7, 11) is 0. The van der Waals surface area contributed by atoms with Crippen LogP contribution in [0.5, 0.6) is 0 Å². The first-order valence-corrected chi connectivity index (χ1v) is 10.2. The number of benzene rings is 1. The molecule has 0 fully saturated rings. The van der Waals surface area contributed by atoms with E-state index in [2.05, 4.69) is 42.6 Å². The molecule has 8 nitrogen and oxygen atoms in total. The molecule has 8 heteroatoms. The zero-order chi connectivity index (χ0) is 21.4. The van der Waals surface area contributed by atoms with E-state index in [-0.39, 0.29) is 11.8 Å². The maximum atomic E-state index is 12.6. The Morgan fingerprint density at radius 3 is 2.81 bits per heavy atom. The van der Waals surface area contributed by atoms with E-state index in [4.69, 9.17) is 4.52 Å². The Kier molecular flexibility index (Phi) is 4.74. The topological polar surface area (TPSA) is 112 Å². The van der Waals surface area contributed by atoms with Crippen molar-refractivity contribution in [1.29, 1.82) is 0 Å². The van der Waals surface area contributed by atoms with Crippen LogP contribution < -0.4 is 15.9 Å². The minimum absolute atomic E-state index is 0.0764. The van der Waals surface area contributed by atoms with Crippen LogP contribution in [0.2, 0.25) is 0 Å². The summed E-state index contributed by atoms with van der Waals surface area (Å²) in [5, 5.41) is 8.85. The van der Waals surface area contributed by atoms with Crippen LogP contribution in [0.3, 0.4) is 0 Å². The maximum Gasteiger partial charge on any atom is 0.287 e. The number of carbonyl (C=O) groups is 1. The van der Waals surface area contributed by atoms with Gasteiger partial charge in [-0.3, -0.25) is 4.79 Å². The fourth-order valence-corrected chi connectivity index (χ4v) is 3.84. The second-order valence-corrected chi connectivity index (χ2v) is 7.68. The first-order chi connectivity index (χ1) is 15.1. The van der Waals surface area contributed by atoms with Crippen molar-refractivity contribution < 1.29 is 9.32 Å². The summed E-state index contributed by atoms with van der Waals surface area (Å²) in [6.45, 7) is 4.20. The van der Waals surface area contributed by atoms with Gasteiger partial charge in [0.05, 0.1) is 5.69 Å². The SMILES string of the molecule is Cc1noc(-c2cc3c([nH]2)=CCC(c2nc(C(=O)NCc4ccccc4)[nH]c2C)C=3)n1. The molecule has 31 heavy (non-hydrogen) atoms. The molecule has 5 rings (SSSR count). The molecular formula is C23H22N6O2. The number of rotatable bonds is 5. The van der Waals surface area contributed by atoms with E-state index in [0.29, 0.717) is 24.1 Å². The van der Waals surface area contributed by atoms with Gasteiger partial charge in [-0.05, 0) is 37.1 Å². The van der Waals surface area contributed by atoms with E-state index >= 15 is 0 Å². The fourth-order valence-electron chi connectivity index (χ4n) is 3.84. The van der Waals surface area contributed by atoms with Crippen molar-refractivity contribution in [3.05, 3.63) is 75.6 Å². The van der Waals surface area contributed by atoms with Crippen molar-refractivity contribution in [3.63, 3.8) is 0 Å². The van der Waals surface area contributed by atoms with Crippen LogP contribution in [0.1, 0.15) is 45.7 Å². The number of imidazole rings is 1. The van der Waals surface area contributed by atoms with Crippen LogP contribution >= 0.6 is 0 Å². The molecule has 156 valence electrons. The molecule has 0 bridgehead atoms. The molecular weight excluding hydrogens is 392 g/mol. The normalized spacial score (nSPS) is 15.1. The minimum Gasteiger partial charge on any atom is -0.351 e. The van der Waals surface area contributed by atoms with E-state index in [9.17, 15) is 4.79 Å². The van der Waals surface area contributed by atoms with Crippen molar-refractivity contribution >= 4 is 18.1 Å². The molecule has 1 atom stereocenters. The van der Waals surface area contributed by atoms with Crippen molar-refractivity contribution in [3.8, 4) is 11.6 Å². The monoisotopic (exact) mass is 414 g/mol. The number of fused-ring (bicyclic) bond motifs is 1. The number of H-pyrrole nitrogens is 2. The van der Waals surface area contributed by atoms with Crippen LogP contribution in [-0.2, 0) is 6.54 Å². The summed E-state index contributed by atoms with van der Waals surface area (Å²) in [6, 6.07) is 11.8. The zero-order valence-corrected chi connectivity index (χ0v) is 17.3. The average molecular weight is 414 g/mol. The van der Waals surface area contributed by atoms with E-state index in [1.165, 1.54) is 0 Å². The molecule has 1 aliphatic rings. The molecule has 1 aromatic carbocycles. The number of amides is 1. The molecule has 1 amide bonds. The fraction of sp³-hybridized carbons (Fsp3) is 0.217. The number of aryl methyl sites for hydroxylation is 2. The number of carbonyl (C=O) groups excluding carboxylic acids is 1. The smallest absolute Gasteiger partial charge is 0.287 e. The Bertz CT molecular complexity index is 1360. The molecule has 4 aromatic rings. The third kappa shape index (κ3) is 3.79. The molecule has 3 aromatic heterocycles. The lowest BCUT2D eigenvalue weighted by Gasteiger charge is -2.11. The molecule has 1 unspecified atom stereocenters. The Morgan fingerprint density at radius 1 is 1.19 bits per heavy atom. The molecule has 3 N–H and O–H groups in total. The largest absolute Gasteiger partial charge is 0.351 e. The number of nitrogens with zero attached hydrogens (tertiary/aromatic N) is 3. The highest BCUT2D eigenvalue weighted by Gasteiger charge is 2.21. The molecule has 0 aliphatic heterocycles. The van der Waals surface area contributed by atoms with E-state index in [0.717, 1.165) is 39.6 Å². The molecule has 0 radical (unpaired) electrons. The van der Waals surface area contributed by atoms with Crippen molar-refractivity contribution in [1.82, 2.24) is 30.4 Å². The molecule has 0 saturated heterocycles. The summed E-state index contributed by atoms with van der Waals surface area (Å²) in [6.07, 6.45) is 5.08. The third-order valence-corrected chi connectivity index (χ3v) is 5.38. The summed E-state index contributed by atoms with van der Waals surface area (Å²) in [5.41, 5.74) is 3.61. The zero-order valence-electron chi connectivity index (χ0n) is 17.3. The molecule has 0 saturated carbocycles. The lowest BCUT2D eigenvalue weighted by molar-refractivity contribution is 0.0941. The Labute approximate surface area is 178 Å². The van der Waals surface area contributed by atoms with Gasteiger partial charge in [-0.25, -0.2) is 4.98 Å². The van der Waals surface area contributed by atoms with Gasteiger partial charge in [0.1, 0.15) is 5.69 Å². The Hall–Kier alpha value is -3.94. The summed E-state index contributed by atoms with van der Waals surface area (Å²) in [4.78, 5) is 27.9. The first-order valence-electron chi connectivity index (χ1n) is 10.2. The second-order valence-electron chi connectivity index (χ2n) is 7.68. The predicted octanol–water partition coefficient (Wildman–Crippen LogP) is 2.08. The minimum atomic E-state index is -0.214. The van der Waals surface area contributed by atoms with Crippen molar-refractivity contribution in [2.24, 2.45) is 0 Å². The lowest BCUT2D eigenvalue weighted by atomic mass is 9.95. The Morgan fingerprint density at radius 2 is 2.03 bits per heavy atom. The quantitative estimate of drug-likeness (QED) is 0.463. The number of aromatic amines is 2. The van der Waals surface area contributed by atoms with Gasteiger partial charge >= 0.3 is 0 Å². The van der Waals surface area contributed by atoms with Crippen LogP contribution in [0, 0.1) is 13.8 Å². The Balaban J connectivity index is 1.36. The van der Waals surface area contributed by atoms with Gasteiger partial charge in [-0.15, -0.1) is 0 Å². The highest BCUT2D eigenvalue weighted by molar-refractivity contribution is 5.90. The highest BCUT2D eigenvalue weighted by Crippen LogP contribution is 2.25. The number of hydrogen-bond donors (Lipinski definition) is 3. The summed E-state index contributed by atoms with van der Waals surface area (Å²) < 4.78 is 5.26. The summed E-state index contributed by atoms with van der Waals surface area (Å²) in [5.74, 6) is 1.26.